The van der Waals surface area contributed by atoms with Crippen LogP contribution >= 0.6 is 0 Å². The zero-order chi connectivity index (χ0) is 32.7. The standard InChI is InChI=1S/C34H32O12/c1-17(2)22(15-42-32-28-20(11-13-40-28)26(38-5)18-7-9-24(36)44-30(18)32)46-34(3,4)23(35)16-43-33-29-21(12-14-41-29)27(39-6)19-8-10-25(37)45-31(19)33/h7-14,22-23,35H,1,15-16H2,2-6H3/t22-,23-/m0/s1. The minimum Gasteiger partial charge on any atom is -0.495 e. The lowest BCUT2D eigenvalue weighted by Gasteiger charge is -2.35. The van der Waals surface area contributed by atoms with Crippen LogP contribution in [-0.2, 0) is 4.74 Å². The van der Waals surface area contributed by atoms with Crippen molar-refractivity contribution in [3.05, 3.63) is 81.9 Å². The first kappa shape index (κ1) is 30.8. The maximum absolute atomic E-state index is 12.2. The molecule has 4 heterocycles. The van der Waals surface area contributed by atoms with Crippen LogP contribution in [0, 0.1) is 0 Å². The second kappa shape index (κ2) is 12.0. The van der Waals surface area contributed by atoms with Crippen LogP contribution in [0.4, 0.5) is 0 Å². The highest BCUT2D eigenvalue weighted by Crippen LogP contribution is 2.44. The van der Waals surface area contributed by atoms with Gasteiger partial charge in [0.05, 0.1) is 53.9 Å². The Morgan fingerprint density at radius 2 is 1.20 bits per heavy atom. The predicted molar refractivity (Wildman–Crippen MR) is 168 cm³/mol. The van der Waals surface area contributed by atoms with Gasteiger partial charge in [-0.3, -0.25) is 0 Å². The molecular formula is C34H32O12. The third-order valence-corrected chi connectivity index (χ3v) is 7.77. The molecule has 12 heteroatoms. The van der Waals surface area contributed by atoms with Crippen LogP contribution in [0.2, 0.25) is 0 Å². The first-order chi connectivity index (χ1) is 22.0. The zero-order valence-electron chi connectivity index (χ0n) is 25.8. The van der Waals surface area contributed by atoms with E-state index in [0.29, 0.717) is 49.8 Å². The minimum absolute atomic E-state index is 0.0660. The lowest BCUT2D eigenvalue weighted by atomic mass is 10.0. The number of hydrogen-bond donors (Lipinski definition) is 1. The normalized spacial score (nSPS) is 13.3. The molecule has 4 aromatic heterocycles. The van der Waals surface area contributed by atoms with E-state index in [1.807, 2.05) is 0 Å². The van der Waals surface area contributed by atoms with Crippen molar-refractivity contribution in [3.8, 4) is 23.0 Å². The van der Waals surface area contributed by atoms with Crippen LogP contribution in [0.25, 0.3) is 43.9 Å². The fraction of sp³-hybridized carbons (Fsp3) is 0.294. The van der Waals surface area contributed by atoms with Crippen molar-refractivity contribution < 1.29 is 46.5 Å². The van der Waals surface area contributed by atoms with Crippen molar-refractivity contribution >= 4 is 43.9 Å². The Bertz CT molecular complexity index is 2200. The van der Waals surface area contributed by atoms with E-state index in [1.54, 1.807) is 45.0 Å². The molecule has 46 heavy (non-hydrogen) atoms. The largest absolute Gasteiger partial charge is 0.495 e. The summed E-state index contributed by atoms with van der Waals surface area (Å²) in [7, 11) is 3.02. The number of methoxy groups -OCH3 is 2. The summed E-state index contributed by atoms with van der Waals surface area (Å²) < 4.78 is 52.1. The number of rotatable bonds is 12. The Balaban J connectivity index is 1.24. The monoisotopic (exact) mass is 632 g/mol. The Morgan fingerprint density at radius 3 is 1.65 bits per heavy atom. The summed E-state index contributed by atoms with van der Waals surface area (Å²) in [5.74, 6) is 1.26. The van der Waals surface area contributed by atoms with Crippen molar-refractivity contribution in [1.29, 1.82) is 0 Å². The molecule has 12 nitrogen and oxygen atoms in total. The molecule has 0 bridgehead atoms. The molecule has 0 aliphatic heterocycles. The summed E-state index contributed by atoms with van der Waals surface area (Å²) in [4.78, 5) is 24.3. The van der Waals surface area contributed by atoms with Crippen LogP contribution in [0.5, 0.6) is 23.0 Å². The molecular weight excluding hydrogens is 600 g/mol. The maximum atomic E-state index is 12.2. The van der Waals surface area contributed by atoms with E-state index in [1.165, 1.54) is 38.9 Å². The minimum atomic E-state index is -1.20. The van der Waals surface area contributed by atoms with Crippen LogP contribution in [0.15, 0.2) is 88.3 Å². The quantitative estimate of drug-likeness (QED) is 0.125. The van der Waals surface area contributed by atoms with Crippen LogP contribution in [0.3, 0.4) is 0 Å². The van der Waals surface area contributed by atoms with Gasteiger partial charge in [0.1, 0.15) is 36.9 Å². The molecule has 0 saturated carbocycles. The molecule has 0 unspecified atom stereocenters. The van der Waals surface area contributed by atoms with Gasteiger partial charge in [0.25, 0.3) is 0 Å². The van der Waals surface area contributed by atoms with Gasteiger partial charge in [-0.25, -0.2) is 9.59 Å². The Kier molecular flexibility index (Phi) is 8.01. The van der Waals surface area contributed by atoms with E-state index in [9.17, 15) is 14.7 Å². The fourth-order valence-electron chi connectivity index (χ4n) is 5.30. The second-order valence-corrected chi connectivity index (χ2v) is 11.2. The summed E-state index contributed by atoms with van der Waals surface area (Å²) in [5, 5.41) is 13.6. The maximum Gasteiger partial charge on any atom is 0.336 e. The smallest absolute Gasteiger partial charge is 0.336 e. The van der Waals surface area contributed by atoms with E-state index in [0.717, 1.165) is 0 Å². The molecule has 2 aromatic carbocycles. The van der Waals surface area contributed by atoms with Gasteiger partial charge in [0.2, 0.25) is 11.5 Å². The predicted octanol–water partition coefficient (Wildman–Crippen LogP) is 5.97. The lowest BCUT2D eigenvalue weighted by Crippen LogP contribution is -2.46. The first-order valence-electron chi connectivity index (χ1n) is 14.3. The van der Waals surface area contributed by atoms with Crippen molar-refractivity contribution in [2.45, 2.75) is 38.6 Å². The topological polar surface area (TPSA) is 153 Å². The van der Waals surface area contributed by atoms with E-state index < -0.39 is 29.1 Å². The fourth-order valence-corrected chi connectivity index (χ4v) is 5.30. The number of fused-ring (bicyclic) bond motifs is 4. The van der Waals surface area contributed by atoms with E-state index in [-0.39, 0.29) is 35.9 Å². The average molecular weight is 633 g/mol. The Morgan fingerprint density at radius 1 is 0.739 bits per heavy atom. The Labute approximate surface area is 261 Å². The number of aliphatic hydroxyl groups is 1. The van der Waals surface area contributed by atoms with Crippen LogP contribution in [-0.4, -0.2) is 50.3 Å². The SMILES string of the molecule is C=C(C)[C@H](COc1c2occc2c(OC)c2ccc(=O)oc12)OC(C)(C)[C@@H](O)COc1c2occc2c(OC)c2ccc(=O)oc12. The molecule has 0 amide bonds. The molecule has 0 radical (unpaired) electrons. The van der Waals surface area contributed by atoms with E-state index >= 15 is 0 Å². The molecule has 1 N–H and O–H groups in total. The number of benzene rings is 2. The highest BCUT2D eigenvalue weighted by molar-refractivity contribution is 6.07. The summed E-state index contributed by atoms with van der Waals surface area (Å²) in [6, 6.07) is 9.19. The van der Waals surface area contributed by atoms with Gasteiger partial charge in [-0.2, -0.15) is 0 Å². The third-order valence-electron chi connectivity index (χ3n) is 7.77. The van der Waals surface area contributed by atoms with E-state index in [4.69, 9.17) is 41.4 Å². The van der Waals surface area contributed by atoms with Gasteiger partial charge in [0, 0.05) is 12.1 Å². The summed E-state index contributed by atoms with van der Waals surface area (Å²) in [6.07, 6.45) is 1.03. The molecule has 240 valence electrons. The molecule has 6 aromatic rings. The second-order valence-electron chi connectivity index (χ2n) is 11.2. The molecule has 0 saturated heterocycles. The lowest BCUT2D eigenvalue weighted by molar-refractivity contribution is -0.140. The summed E-state index contributed by atoms with van der Waals surface area (Å²) >= 11 is 0. The third kappa shape index (κ3) is 5.35. The number of hydrogen-bond acceptors (Lipinski definition) is 12. The first-order valence-corrected chi connectivity index (χ1v) is 14.3. The molecule has 0 aliphatic rings. The van der Waals surface area contributed by atoms with Gasteiger partial charge in [0.15, 0.2) is 22.3 Å². The van der Waals surface area contributed by atoms with Crippen molar-refractivity contribution in [3.63, 3.8) is 0 Å². The molecule has 0 fully saturated rings. The van der Waals surface area contributed by atoms with Gasteiger partial charge >= 0.3 is 11.3 Å². The van der Waals surface area contributed by atoms with Gasteiger partial charge < -0.3 is 46.5 Å². The molecule has 0 aliphatic carbocycles. The van der Waals surface area contributed by atoms with Gasteiger partial charge in [-0.1, -0.05) is 6.58 Å². The van der Waals surface area contributed by atoms with Gasteiger partial charge in [-0.15, -0.1) is 0 Å². The van der Waals surface area contributed by atoms with Crippen LogP contribution < -0.4 is 30.2 Å². The molecule has 2 atom stereocenters. The zero-order valence-corrected chi connectivity index (χ0v) is 25.8. The number of furan rings is 2. The number of ether oxygens (including phenoxy) is 5. The van der Waals surface area contributed by atoms with Crippen molar-refractivity contribution in [2.24, 2.45) is 0 Å². The van der Waals surface area contributed by atoms with Crippen LogP contribution in [0.1, 0.15) is 20.8 Å². The average Bonchev–Trinajstić information content (AvgIpc) is 3.71. The Hall–Kier alpha value is -5.20. The number of aliphatic hydroxyl groups excluding tert-OH is 1. The summed E-state index contributed by atoms with van der Waals surface area (Å²) in [6.45, 7) is 8.88. The van der Waals surface area contributed by atoms with Gasteiger partial charge in [-0.05, 0) is 50.6 Å². The van der Waals surface area contributed by atoms with E-state index in [2.05, 4.69) is 6.58 Å². The summed E-state index contributed by atoms with van der Waals surface area (Å²) in [5.41, 5.74) is -0.859. The highest BCUT2D eigenvalue weighted by Gasteiger charge is 2.34. The van der Waals surface area contributed by atoms with Crippen molar-refractivity contribution in [1.82, 2.24) is 0 Å². The molecule has 6 rings (SSSR count). The highest BCUT2D eigenvalue weighted by atomic mass is 16.6. The van der Waals surface area contributed by atoms with Crippen molar-refractivity contribution in [2.75, 3.05) is 27.4 Å². The molecule has 0 spiro atoms.